The number of carboxylic acids is 1. The molecule has 8 heteroatoms. The molecular weight excluding hydrogens is 230 g/mol. The second kappa shape index (κ2) is 8.34. The summed E-state index contributed by atoms with van der Waals surface area (Å²) in [5.74, 6) is -1.99. The van der Waals surface area contributed by atoms with Gasteiger partial charge in [-0.05, 0) is 6.92 Å². The van der Waals surface area contributed by atoms with Gasteiger partial charge in [-0.1, -0.05) is 0 Å². The highest BCUT2D eigenvalue weighted by Crippen LogP contribution is 1.89. The van der Waals surface area contributed by atoms with Gasteiger partial charge in [-0.2, -0.15) is 0 Å². The van der Waals surface area contributed by atoms with Crippen LogP contribution in [-0.2, 0) is 14.3 Å². The van der Waals surface area contributed by atoms with Gasteiger partial charge in [-0.25, -0.2) is 4.79 Å². The van der Waals surface area contributed by atoms with E-state index in [2.05, 4.69) is 5.32 Å². The largest absolute Gasteiger partial charge is 0.480 e. The van der Waals surface area contributed by atoms with E-state index in [0.717, 1.165) is 4.90 Å². The molecule has 0 aromatic carbocycles. The van der Waals surface area contributed by atoms with Crippen LogP contribution in [0.15, 0.2) is 0 Å². The lowest BCUT2D eigenvalue weighted by atomic mass is 10.4. The zero-order valence-electron chi connectivity index (χ0n) is 9.64. The van der Waals surface area contributed by atoms with Crippen LogP contribution >= 0.6 is 0 Å². The van der Waals surface area contributed by atoms with Crippen molar-refractivity contribution < 1.29 is 24.2 Å². The minimum atomic E-state index is -1.22. The maximum atomic E-state index is 11.5. The molecule has 17 heavy (non-hydrogen) atoms. The zero-order valence-corrected chi connectivity index (χ0v) is 9.64. The van der Waals surface area contributed by atoms with Gasteiger partial charge in [0.2, 0.25) is 5.91 Å². The summed E-state index contributed by atoms with van der Waals surface area (Å²) >= 11 is 0. The van der Waals surface area contributed by atoms with Crippen molar-refractivity contribution in [2.24, 2.45) is 5.73 Å². The molecule has 0 aliphatic carbocycles. The Balaban J connectivity index is 4.12. The molecule has 0 spiro atoms. The first-order valence-electron chi connectivity index (χ1n) is 5.08. The molecule has 3 amide bonds. The van der Waals surface area contributed by atoms with Crippen LogP contribution in [0.5, 0.6) is 0 Å². The van der Waals surface area contributed by atoms with Gasteiger partial charge in [-0.15, -0.1) is 0 Å². The molecule has 0 saturated heterocycles. The van der Waals surface area contributed by atoms with Crippen molar-refractivity contribution in [2.45, 2.75) is 6.92 Å². The van der Waals surface area contributed by atoms with Crippen LogP contribution in [-0.4, -0.2) is 60.8 Å². The molecule has 0 aliphatic rings. The minimum Gasteiger partial charge on any atom is -0.480 e. The van der Waals surface area contributed by atoms with E-state index in [4.69, 9.17) is 15.6 Å². The monoisotopic (exact) mass is 247 g/mol. The minimum absolute atomic E-state index is 0.238. The normalized spacial score (nSPS) is 9.71. The number of nitrogens with zero attached hydrogens (tertiary/aromatic N) is 1. The summed E-state index contributed by atoms with van der Waals surface area (Å²) in [6, 6.07) is -0.661. The van der Waals surface area contributed by atoms with Gasteiger partial charge in [0.15, 0.2) is 0 Å². The van der Waals surface area contributed by atoms with Gasteiger partial charge in [0, 0.05) is 13.2 Å². The Hall–Kier alpha value is -1.83. The molecule has 8 nitrogen and oxygen atoms in total. The number of nitrogens with two attached hydrogens (primary N) is 1. The molecule has 98 valence electrons. The Bertz CT molecular complexity index is 266. The van der Waals surface area contributed by atoms with E-state index in [1.54, 1.807) is 0 Å². The number of amides is 3. The number of ether oxygens (including phenoxy) is 1. The van der Waals surface area contributed by atoms with E-state index in [1.165, 1.54) is 0 Å². The van der Waals surface area contributed by atoms with E-state index in [1.807, 2.05) is 6.92 Å². The second-order valence-corrected chi connectivity index (χ2v) is 3.14. The number of carbonyl (C=O) groups excluding carboxylic acids is 2. The quantitative estimate of drug-likeness (QED) is 0.455. The Morgan fingerprint density at radius 2 is 2.00 bits per heavy atom. The Kier molecular flexibility index (Phi) is 7.44. The average Bonchev–Trinajstić information content (AvgIpc) is 2.22. The molecule has 0 aliphatic heterocycles. The number of hydrogen-bond acceptors (Lipinski definition) is 4. The van der Waals surface area contributed by atoms with Crippen LogP contribution < -0.4 is 11.1 Å². The molecule has 0 saturated carbocycles. The highest BCUT2D eigenvalue weighted by atomic mass is 16.5. The number of urea groups is 1. The predicted molar refractivity (Wildman–Crippen MR) is 58.3 cm³/mol. The van der Waals surface area contributed by atoms with Crippen LogP contribution in [0.25, 0.3) is 0 Å². The van der Waals surface area contributed by atoms with Gasteiger partial charge >= 0.3 is 12.0 Å². The van der Waals surface area contributed by atoms with Gasteiger partial charge in [-0.3, -0.25) is 9.59 Å². The lowest BCUT2D eigenvalue weighted by Gasteiger charge is -2.19. The molecule has 4 N–H and O–H groups in total. The van der Waals surface area contributed by atoms with Gasteiger partial charge in [0.25, 0.3) is 0 Å². The Morgan fingerprint density at radius 3 is 2.47 bits per heavy atom. The van der Waals surface area contributed by atoms with Gasteiger partial charge in [0.05, 0.1) is 6.61 Å². The van der Waals surface area contributed by atoms with E-state index >= 15 is 0 Å². The van der Waals surface area contributed by atoms with Crippen LogP contribution in [0.3, 0.4) is 0 Å². The first kappa shape index (κ1) is 15.2. The highest BCUT2D eigenvalue weighted by Gasteiger charge is 2.17. The molecule has 0 radical (unpaired) electrons. The number of rotatable bonds is 8. The van der Waals surface area contributed by atoms with Crippen molar-refractivity contribution in [1.29, 1.82) is 0 Å². The van der Waals surface area contributed by atoms with Crippen LogP contribution in [0, 0.1) is 0 Å². The molecule has 0 heterocycles. The van der Waals surface area contributed by atoms with E-state index < -0.39 is 31.0 Å². The SMILES string of the molecule is CCOCCNC(=O)N(CC(N)=O)CC(=O)O. The molecule has 0 aromatic heterocycles. The van der Waals surface area contributed by atoms with Crippen LogP contribution in [0.2, 0.25) is 0 Å². The Labute approximate surface area is 98.7 Å². The van der Waals surface area contributed by atoms with Crippen molar-refractivity contribution in [3.63, 3.8) is 0 Å². The smallest absolute Gasteiger partial charge is 0.323 e. The lowest BCUT2D eigenvalue weighted by Crippen LogP contribution is -2.47. The van der Waals surface area contributed by atoms with E-state index in [9.17, 15) is 14.4 Å². The summed E-state index contributed by atoms with van der Waals surface area (Å²) in [5, 5.41) is 11.0. The summed E-state index contributed by atoms with van der Waals surface area (Å²) in [6.07, 6.45) is 0. The highest BCUT2D eigenvalue weighted by molar-refractivity contribution is 5.85. The summed E-state index contributed by atoms with van der Waals surface area (Å²) in [5.41, 5.74) is 4.91. The number of aliphatic carboxylic acids is 1. The predicted octanol–water partition coefficient (Wildman–Crippen LogP) is -1.40. The number of primary amides is 1. The number of carboxylic acid groups (broad SMARTS) is 1. The third kappa shape index (κ3) is 8.03. The fraction of sp³-hybridized carbons (Fsp3) is 0.667. The molecule has 0 fully saturated rings. The number of nitrogens with one attached hydrogen (secondary N) is 1. The van der Waals surface area contributed by atoms with Crippen molar-refractivity contribution in [1.82, 2.24) is 10.2 Å². The van der Waals surface area contributed by atoms with Crippen LogP contribution in [0.4, 0.5) is 4.79 Å². The number of carbonyl (C=O) groups is 3. The molecule has 0 bridgehead atoms. The second-order valence-electron chi connectivity index (χ2n) is 3.14. The third-order valence-electron chi connectivity index (χ3n) is 1.69. The fourth-order valence-corrected chi connectivity index (χ4v) is 1.04. The van der Waals surface area contributed by atoms with Crippen molar-refractivity contribution >= 4 is 17.9 Å². The maximum absolute atomic E-state index is 11.5. The van der Waals surface area contributed by atoms with Gasteiger partial charge < -0.3 is 25.8 Å². The molecule has 0 rings (SSSR count). The standard InChI is InChI=1S/C9H17N3O5/c1-2-17-4-3-11-9(16)12(5-7(10)13)6-8(14)15/h2-6H2,1H3,(H2,10,13)(H,11,16)(H,14,15). The fourth-order valence-electron chi connectivity index (χ4n) is 1.04. The summed E-state index contributed by atoms with van der Waals surface area (Å²) in [6.45, 7) is 1.87. The van der Waals surface area contributed by atoms with Gasteiger partial charge in [0.1, 0.15) is 13.1 Å². The summed E-state index contributed by atoms with van der Waals surface area (Å²) < 4.78 is 4.98. The summed E-state index contributed by atoms with van der Waals surface area (Å²) in [7, 11) is 0. The maximum Gasteiger partial charge on any atom is 0.323 e. The molecular formula is C9H17N3O5. The first-order valence-corrected chi connectivity index (χ1v) is 5.08. The zero-order chi connectivity index (χ0) is 13.3. The Morgan fingerprint density at radius 1 is 1.35 bits per heavy atom. The topological polar surface area (TPSA) is 122 Å². The molecule has 0 atom stereocenters. The average molecular weight is 247 g/mol. The van der Waals surface area contributed by atoms with E-state index in [0.29, 0.717) is 13.2 Å². The lowest BCUT2D eigenvalue weighted by molar-refractivity contribution is -0.137. The molecule has 0 aromatic rings. The third-order valence-corrected chi connectivity index (χ3v) is 1.69. The first-order chi connectivity index (χ1) is 7.97. The number of hydrogen-bond donors (Lipinski definition) is 3. The van der Waals surface area contributed by atoms with E-state index in [-0.39, 0.29) is 6.54 Å². The molecule has 0 unspecified atom stereocenters. The van der Waals surface area contributed by atoms with Crippen molar-refractivity contribution in [2.75, 3.05) is 32.8 Å². The van der Waals surface area contributed by atoms with Crippen molar-refractivity contribution in [3.8, 4) is 0 Å². The van der Waals surface area contributed by atoms with Crippen molar-refractivity contribution in [3.05, 3.63) is 0 Å². The summed E-state index contributed by atoms with van der Waals surface area (Å²) in [4.78, 5) is 33.4. The van der Waals surface area contributed by atoms with Crippen LogP contribution in [0.1, 0.15) is 6.92 Å².